The van der Waals surface area contributed by atoms with E-state index in [1.165, 1.54) is 23.8 Å². The first-order chi connectivity index (χ1) is 14.8. The van der Waals surface area contributed by atoms with Gasteiger partial charge in [0.05, 0.1) is 28.0 Å². The molecule has 3 rings (SSSR count). The number of aromatic amines is 1. The molecule has 0 aliphatic carbocycles. The number of nitrogens with two attached hydrogens (primary N) is 1. The molecule has 0 bridgehead atoms. The number of β-amino-alcohol motifs (C(OH)–C–C–N with tert-alkyl or cyclic N) is 1. The number of aliphatic hydroxyl groups excluding tert-OH is 1. The number of carbonyl (C=O) groups is 1. The van der Waals surface area contributed by atoms with Crippen LogP contribution in [0.3, 0.4) is 0 Å². The molecule has 31 heavy (non-hydrogen) atoms. The van der Waals surface area contributed by atoms with Crippen LogP contribution in [0.5, 0.6) is 5.75 Å². The Bertz CT molecular complexity index is 1170. The minimum atomic E-state index is -0.814. The van der Waals surface area contributed by atoms with Crippen LogP contribution in [0.1, 0.15) is 19.4 Å². The summed E-state index contributed by atoms with van der Waals surface area (Å²) in [5, 5.41) is 17.8. The van der Waals surface area contributed by atoms with Crippen LogP contribution in [0.2, 0.25) is 0 Å². The summed E-state index contributed by atoms with van der Waals surface area (Å²) in [4.78, 5) is 33.5. The minimum Gasteiger partial charge on any atom is -0.490 e. The lowest BCUT2D eigenvalue weighted by Crippen LogP contribution is -2.96. The van der Waals surface area contributed by atoms with E-state index < -0.39 is 5.54 Å². The van der Waals surface area contributed by atoms with Crippen molar-refractivity contribution in [2.45, 2.75) is 19.4 Å². The molecule has 1 aliphatic rings. The number of ether oxygens (including phenoxy) is 1. The van der Waals surface area contributed by atoms with Gasteiger partial charge in [-0.3, -0.25) is 20.3 Å². The summed E-state index contributed by atoms with van der Waals surface area (Å²) in [7, 11) is 0. The number of hydrogen-bond donors (Lipinski definition) is 4. The van der Waals surface area contributed by atoms with Crippen molar-refractivity contribution >= 4 is 47.6 Å². The van der Waals surface area contributed by atoms with Crippen LogP contribution in [-0.4, -0.2) is 60.4 Å². The standard InChI is InChI=1S/C21H25N5O4S/c1-21(2,24-13-23-12-22)18(28)11-19-25-20(29)17(31-19)10-14-3-4-16-15(9-14)26(5-7-27)6-8-30-16/h3-4,9-13,27H,5-8H2,1-2H3,(H,25,29)(H2,22,23,24)/p+1/b17-10-,19-11+. The Balaban J connectivity index is 1.90. The van der Waals surface area contributed by atoms with Gasteiger partial charge < -0.3 is 19.7 Å². The molecular weight excluding hydrogens is 418 g/mol. The fourth-order valence-electron chi connectivity index (χ4n) is 3.07. The third-order valence-electron chi connectivity index (χ3n) is 4.84. The number of rotatable bonds is 8. The second-order valence-corrected chi connectivity index (χ2v) is 8.62. The van der Waals surface area contributed by atoms with E-state index in [-0.39, 0.29) is 17.9 Å². The van der Waals surface area contributed by atoms with Crippen molar-refractivity contribution in [3.8, 4) is 5.75 Å². The molecule has 9 nitrogen and oxygen atoms in total. The maximum Gasteiger partial charge on any atom is 0.266 e. The molecule has 1 aromatic heterocycles. The van der Waals surface area contributed by atoms with Gasteiger partial charge in [-0.1, -0.05) is 6.07 Å². The number of ketones is 1. The van der Waals surface area contributed by atoms with E-state index in [0.29, 0.717) is 28.9 Å². The van der Waals surface area contributed by atoms with Gasteiger partial charge in [0.25, 0.3) is 5.56 Å². The van der Waals surface area contributed by atoms with Crippen molar-refractivity contribution in [3.05, 3.63) is 43.3 Å². The molecule has 0 amide bonds. The van der Waals surface area contributed by atoms with Crippen molar-refractivity contribution < 1.29 is 20.0 Å². The normalized spacial score (nSPS) is 15.3. The van der Waals surface area contributed by atoms with Crippen molar-refractivity contribution in [2.24, 2.45) is 4.99 Å². The Hall–Kier alpha value is -3.08. The predicted molar refractivity (Wildman–Crippen MR) is 122 cm³/mol. The second kappa shape index (κ2) is 9.82. The van der Waals surface area contributed by atoms with Crippen molar-refractivity contribution in [2.75, 3.05) is 31.2 Å². The molecule has 10 heteroatoms. The Labute approximate surface area is 182 Å². The summed E-state index contributed by atoms with van der Waals surface area (Å²) in [6, 6.07) is 5.66. The molecule has 0 unspecified atom stereocenters. The van der Waals surface area contributed by atoms with E-state index in [9.17, 15) is 14.7 Å². The number of quaternary nitrogens is 1. The number of carbonyl (C=O) groups excluding carboxylic acids is 1. The maximum atomic E-state index is 12.6. The number of aliphatic hydroxyl groups is 1. The first-order valence-corrected chi connectivity index (χ1v) is 10.6. The zero-order chi connectivity index (χ0) is 22.4. The molecule has 164 valence electrons. The number of aliphatic imine (C=N–C) groups is 1. The van der Waals surface area contributed by atoms with E-state index >= 15 is 0 Å². The third kappa shape index (κ3) is 5.54. The highest BCUT2D eigenvalue weighted by molar-refractivity contribution is 7.07. The molecule has 2 heterocycles. The summed E-state index contributed by atoms with van der Waals surface area (Å²) < 4.78 is 6.62. The van der Waals surface area contributed by atoms with Gasteiger partial charge in [-0.25, -0.2) is 0 Å². The van der Waals surface area contributed by atoms with Crippen LogP contribution in [-0.2, 0) is 4.79 Å². The number of nitrogens with one attached hydrogen (secondary N) is 2. The highest BCUT2D eigenvalue weighted by atomic mass is 32.1. The fourth-order valence-corrected chi connectivity index (χ4v) is 3.95. The molecule has 2 aromatic rings. The molecule has 5 N–H and O–H groups in total. The monoisotopic (exact) mass is 444 g/mol. The largest absolute Gasteiger partial charge is 0.490 e. The summed E-state index contributed by atoms with van der Waals surface area (Å²) in [6.45, 7) is 5.30. The SMILES string of the molecule is CC(C)([NH2+]C=NC=N)C(=O)/C=c1\[nH]c(=O)/c(=C/c2ccc3c(c2)N(CCO)CCO3)s1. The van der Waals surface area contributed by atoms with E-state index in [1.54, 1.807) is 25.2 Å². The highest BCUT2D eigenvalue weighted by Gasteiger charge is 2.28. The zero-order valence-corrected chi connectivity index (χ0v) is 18.2. The topological polar surface area (TPSA) is 135 Å². The highest BCUT2D eigenvalue weighted by Crippen LogP contribution is 2.32. The van der Waals surface area contributed by atoms with Gasteiger partial charge >= 0.3 is 0 Å². The van der Waals surface area contributed by atoms with Crippen LogP contribution >= 0.6 is 11.3 Å². The van der Waals surface area contributed by atoms with Gasteiger partial charge in [-0.2, -0.15) is 4.99 Å². The van der Waals surface area contributed by atoms with E-state index in [1.807, 2.05) is 23.1 Å². The molecule has 0 spiro atoms. The number of H-pyrrole nitrogens is 1. The predicted octanol–water partition coefficient (Wildman–Crippen LogP) is -1.22. The van der Waals surface area contributed by atoms with E-state index in [0.717, 1.165) is 23.3 Å². The number of benzene rings is 1. The molecule has 1 aliphatic heterocycles. The minimum absolute atomic E-state index is 0.0478. The van der Waals surface area contributed by atoms with Gasteiger partial charge in [0.1, 0.15) is 18.7 Å². The number of anilines is 1. The lowest BCUT2D eigenvalue weighted by molar-refractivity contribution is -0.591. The lowest BCUT2D eigenvalue weighted by atomic mass is 10.00. The summed E-state index contributed by atoms with van der Waals surface area (Å²) in [5.74, 6) is 0.570. The molecule has 0 atom stereocenters. The Morgan fingerprint density at radius 1 is 1.48 bits per heavy atom. The summed E-state index contributed by atoms with van der Waals surface area (Å²) in [5.41, 5.74) is 0.630. The summed E-state index contributed by atoms with van der Waals surface area (Å²) >= 11 is 1.21. The number of hydrogen-bond acceptors (Lipinski definition) is 7. The summed E-state index contributed by atoms with van der Waals surface area (Å²) in [6.07, 6.45) is 5.50. The van der Waals surface area contributed by atoms with Crippen LogP contribution in [0, 0.1) is 5.41 Å². The Morgan fingerprint density at radius 3 is 3.03 bits per heavy atom. The second-order valence-electron chi connectivity index (χ2n) is 7.54. The number of fused-ring (bicyclic) bond motifs is 1. The van der Waals surface area contributed by atoms with Crippen molar-refractivity contribution in [1.82, 2.24) is 4.98 Å². The van der Waals surface area contributed by atoms with Crippen LogP contribution in [0.15, 0.2) is 28.0 Å². The maximum absolute atomic E-state index is 12.6. The van der Waals surface area contributed by atoms with Crippen LogP contribution < -0.4 is 29.7 Å². The van der Waals surface area contributed by atoms with Gasteiger partial charge in [0.15, 0.2) is 11.9 Å². The van der Waals surface area contributed by atoms with E-state index in [2.05, 4.69) is 9.98 Å². The zero-order valence-electron chi connectivity index (χ0n) is 17.4. The smallest absolute Gasteiger partial charge is 0.266 e. The van der Waals surface area contributed by atoms with Gasteiger partial charge in [-0.05, 0) is 37.6 Å². The molecule has 1 aromatic carbocycles. The molecular formula is C21H26N5O4S+. The number of nitrogens with zero attached hydrogens (tertiary/aromatic N) is 2. The van der Waals surface area contributed by atoms with Crippen molar-refractivity contribution in [3.63, 3.8) is 0 Å². The third-order valence-corrected chi connectivity index (χ3v) is 5.80. The van der Waals surface area contributed by atoms with Gasteiger partial charge in [-0.15, -0.1) is 11.3 Å². The quantitative estimate of drug-likeness (QED) is 0.299. The number of thiazole rings is 1. The average Bonchev–Trinajstić information content (AvgIpc) is 3.07. The van der Waals surface area contributed by atoms with Crippen molar-refractivity contribution in [1.29, 1.82) is 5.41 Å². The van der Waals surface area contributed by atoms with E-state index in [4.69, 9.17) is 10.1 Å². The van der Waals surface area contributed by atoms with Crippen LogP contribution in [0.4, 0.5) is 5.69 Å². The Morgan fingerprint density at radius 2 is 2.29 bits per heavy atom. The lowest BCUT2D eigenvalue weighted by Gasteiger charge is -2.30. The fraction of sp³-hybridized carbons (Fsp3) is 0.333. The van der Waals surface area contributed by atoms with Crippen LogP contribution in [0.25, 0.3) is 12.2 Å². The van der Waals surface area contributed by atoms with Gasteiger partial charge in [0, 0.05) is 12.6 Å². The Kier molecular flexibility index (Phi) is 7.16. The van der Waals surface area contributed by atoms with Gasteiger partial charge in [0.2, 0.25) is 5.78 Å². The molecule has 0 saturated carbocycles. The number of aromatic nitrogens is 1. The molecule has 0 fully saturated rings. The first kappa shape index (κ1) is 22.6. The molecule has 0 saturated heterocycles. The number of Topliss-reactive ketones (excluding diaryl/α,β-unsaturated/α-hetero) is 1. The molecule has 0 radical (unpaired) electrons. The first-order valence-electron chi connectivity index (χ1n) is 9.80. The average molecular weight is 445 g/mol.